The number of halogens is 2. The van der Waals surface area contributed by atoms with Crippen molar-refractivity contribution in [3.63, 3.8) is 0 Å². The van der Waals surface area contributed by atoms with Gasteiger partial charge in [0.1, 0.15) is 11.6 Å². The van der Waals surface area contributed by atoms with Gasteiger partial charge in [-0.25, -0.2) is 8.78 Å². The van der Waals surface area contributed by atoms with Crippen LogP contribution in [0.15, 0.2) is 18.2 Å². The van der Waals surface area contributed by atoms with Crippen LogP contribution in [0.5, 0.6) is 0 Å². The van der Waals surface area contributed by atoms with Crippen LogP contribution >= 0.6 is 0 Å². The molecule has 17 heavy (non-hydrogen) atoms. The Morgan fingerprint density at radius 3 is 2.00 bits per heavy atom. The summed E-state index contributed by atoms with van der Waals surface area (Å²) in [6, 6.07) is 3.53. The van der Waals surface area contributed by atoms with Crippen molar-refractivity contribution in [1.29, 1.82) is 0 Å². The molecule has 1 aromatic rings. The fourth-order valence-electron chi connectivity index (χ4n) is 2.04. The Morgan fingerprint density at radius 2 is 1.59 bits per heavy atom. The number of hydrogen-bond acceptors (Lipinski definition) is 1. The molecule has 0 spiro atoms. The molecule has 0 N–H and O–H groups in total. The van der Waals surface area contributed by atoms with Crippen LogP contribution in [0, 0.1) is 17.6 Å². The van der Waals surface area contributed by atoms with E-state index in [1.165, 1.54) is 6.07 Å². The zero-order chi connectivity index (χ0) is 12.8. The van der Waals surface area contributed by atoms with E-state index in [1.54, 1.807) is 0 Å². The maximum Gasteiger partial charge on any atom is 0.171 e. The van der Waals surface area contributed by atoms with Crippen molar-refractivity contribution in [2.75, 3.05) is 0 Å². The molecule has 94 valence electrons. The predicted octanol–water partition coefficient (Wildman–Crippen LogP) is 4.36. The predicted molar refractivity (Wildman–Crippen MR) is 64.0 cm³/mol. The van der Waals surface area contributed by atoms with Gasteiger partial charge in [0.2, 0.25) is 0 Å². The van der Waals surface area contributed by atoms with Crippen LogP contribution < -0.4 is 0 Å². The number of benzene rings is 1. The Kier molecular flexibility index (Phi) is 5.26. The van der Waals surface area contributed by atoms with Crippen LogP contribution in [-0.2, 0) is 0 Å². The summed E-state index contributed by atoms with van der Waals surface area (Å²) in [6.07, 6.45) is 3.04. The maximum atomic E-state index is 13.5. The maximum absolute atomic E-state index is 13.5. The summed E-state index contributed by atoms with van der Waals surface area (Å²) < 4.78 is 27.0. The summed E-state index contributed by atoms with van der Waals surface area (Å²) in [5.41, 5.74) is -0.376. The average Bonchev–Trinajstić information content (AvgIpc) is 2.28. The van der Waals surface area contributed by atoms with E-state index in [0.29, 0.717) is 12.8 Å². The second-order valence-electron chi connectivity index (χ2n) is 4.24. The summed E-state index contributed by atoms with van der Waals surface area (Å²) in [7, 11) is 0. The van der Waals surface area contributed by atoms with E-state index < -0.39 is 17.4 Å². The molecule has 1 rings (SSSR count). The Hall–Kier alpha value is -1.25. The van der Waals surface area contributed by atoms with Crippen LogP contribution in [-0.4, -0.2) is 5.78 Å². The summed E-state index contributed by atoms with van der Waals surface area (Å²) in [6.45, 7) is 3.93. The lowest BCUT2D eigenvalue weighted by molar-refractivity contribution is 0.0896. The van der Waals surface area contributed by atoms with Gasteiger partial charge in [-0.1, -0.05) is 32.8 Å². The lowest BCUT2D eigenvalue weighted by Gasteiger charge is -2.14. The largest absolute Gasteiger partial charge is 0.294 e. The molecule has 1 nitrogen and oxygen atoms in total. The standard InChI is InChI=1S/C14H18F2O/c1-3-6-10(7-4-2)14(17)13-11(15)8-5-9-12(13)16/h5,8-10H,3-4,6-7H2,1-2H3. The minimum Gasteiger partial charge on any atom is -0.294 e. The minimum atomic E-state index is -0.757. The van der Waals surface area contributed by atoms with Crippen molar-refractivity contribution in [3.05, 3.63) is 35.4 Å². The van der Waals surface area contributed by atoms with Crippen molar-refractivity contribution in [1.82, 2.24) is 0 Å². The monoisotopic (exact) mass is 240 g/mol. The zero-order valence-electron chi connectivity index (χ0n) is 10.3. The Bertz CT molecular complexity index is 362. The summed E-state index contributed by atoms with van der Waals surface area (Å²) in [5.74, 6) is -2.18. The van der Waals surface area contributed by atoms with Gasteiger partial charge in [0.25, 0.3) is 0 Å². The molecule has 0 aromatic heterocycles. The third-order valence-electron chi connectivity index (χ3n) is 2.85. The highest BCUT2D eigenvalue weighted by atomic mass is 19.1. The van der Waals surface area contributed by atoms with E-state index in [9.17, 15) is 13.6 Å². The Labute approximate surface area is 101 Å². The highest BCUT2D eigenvalue weighted by molar-refractivity contribution is 5.98. The lowest BCUT2D eigenvalue weighted by atomic mass is 9.89. The highest BCUT2D eigenvalue weighted by Gasteiger charge is 2.24. The smallest absolute Gasteiger partial charge is 0.171 e. The van der Waals surface area contributed by atoms with Crippen molar-refractivity contribution < 1.29 is 13.6 Å². The first-order valence-electron chi connectivity index (χ1n) is 6.10. The SMILES string of the molecule is CCCC(CCC)C(=O)c1c(F)cccc1F. The average molecular weight is 240 g/mol. The first kappa shape index (κ1) is 13.8. The zero-order valence-corrected chi connectivity index (χ0v) is 10.3. The number of hydrogen-bond donors (Lipinski definition) is 0. The molecule has 0 unspecified atom stereocenters. The fourth-order valence-corrected chi connectivity index (χ4v) is 2.04. The molecule has 0 saturated heterocycles. The number of Topliss-reactive ketones (excluding diaryl/α,β-unsaturated/α-hetero) is 1. The van der Waals surface area contributed by atoms with Crippen LogP contribution in [0.1, 0.15) is 49.9 Å². The first-order chi connectivity index (χ1) is 8.11. The molecule has 0 bridgehead atoms. The Balaban J connectivity index is 3.00. The van der Waals surface area contributed by atoms with Gasteiger partial charge in [-0.3, -0.25) is 4.79 Å². The number of rotatable bonds is 6. The molecule has 3 heteroatoms. The van der Waals surface area contributed by atoms with Gasteiger partial charge in [-0.15, -0.1) is 0 Å². The minimum absolute atomic E-state index is 0.267. The molecule has 1 aromatic carbocycles. The summed E-state index contributed by atoms with van der Waals surface area (Å²) in [4.78, 5) is 12.1. The van der Waals surface area contributed by atoms with Crippen LogP contribution in [0.2, 0.25) is 0 Å². The third-order valence-corrected chi connectivity index (χ3v) is 2.85. The van der Waals surface area contributed by atoms with E-state index in [1.807, 2.05) is 13.8 Å². The van der Waals surface area contributed by atoms with Crippen LogP contribution in [0.4, 0.5) is 8.78 Å². The number of ketones is 1. The Morgan fingerprint density at radius 1 is 1.12 bits per heavy atom. The van der Waals surface area contributed by atoms with Gasteiger partial charge in [0.15, 0.2) is 5.78 Å². The molecule has 0 fully saturated rings. The van der Waals surface area contributed by atoms with Gasteiger partial charge in [-0.2, -0.15) is 0 Å². The van der Waals surface area contributed by atoms with Gasteiger partial charge < -0.3 is 0 Å². The molecule has 0 radical (unpaired) electrons. The molecular formula is C14H18F2O. The van der Waals surface area contributed by atoms with Crippen LogP contribution in [0.3, 0.4) is 0 Å². The molecule has 0 aliphatic rings. The highest BCUT2D eigenvalue weighted by Crippen LogP contribution is 2.23. The van der Waals surface area contributed by atoms with Gasteiger partial charge in [0.05, 0.1) is 5.56 Å². The van der Waals surface area contributed by atoms with Crippen molar-refractivity contribution >= 4 is 5.78 Å². The van der Waals surface area contributed by atoms with Gasteiger partial charge >= 0.3 is 0 Å². The van der Waals surface area contributed by atoms with E-state index >= 15 is 0 Å². The first-order valence-corrected chi connectivity index (χ1v) is 6.10. The molecule has 0 heterocycles. The normalized spacial score (nSPS) is 10.9. The molecule has 0 amide bonds. The van der Waals surface area contributed by atoms with Gasteiger partial charge in [0, 0.05) is 5.92 Å². The molecule has 0 saturated carbocycles. The van der Waals surface area contributed by atoms with Gasteiger partial charge in [-0.05, 0) is 25.0 Å². The topological polar surface area (TPSA) is 17.1 Å². The number of carbonyl (C=O) groups is 1. The summed E-state index contributed by atoms with van der Waals surface area (Å²) in [5, 5.41) is 0. The second-order valence-corrected chi connectivity index (χ2v) is 4.24. The van der Waals surface area contributed by atoms with Crippen molar-refractivity contribution in [2.24, 2.45) is 5.92 Å². The quantitative estimate of drug-likeness (QED) is 0.675. The van der Waals surface area contributed by atoms with Crippen molar-refractivity contribution in [3.8, 4) is 0 Å². The molecule has 0 aliphatic carbocycles. The fraction of sp³-hybridized carbons (Fsp3) is 0.500. The van der Waals surface area contributed by atoms with E-state index in [-0.39, 0.29) is 11.5 Å². The molecule has 0 aliphatic heterocycles. The van der Waals surface area contributed by atoms with Crippen LogP contribution in [0.25, 0.3) is 0 Å². The molecular weight excluding hydrogens is 222 g/mol. The van der Waals surface area contributed by atoms with E-state index in [4.69, 9.17) is 0 Å². The van der Waals surface area contributed by atoms with E-state index in [0.717, 1.165) is 25.0 Å². The van der Waals surface area contributed by atoms with E-state index in [2.05, 4.69) is 0 Å². The lowest BCUT2D eigenvalue weighted by Crippen LogP contribution is -2.17. The second kappa shape index (κ2) is 6.48. The summed E-state index contributed by atoms with van der Waals surface area (Å²) >= 11 is 0. The number of carbonyl (C=O) groups excluding carboxylic acids is 1. The molecule has 0 atom stereocenters. The third kappa shape index (κ3) is 3.35. The van der Waals surface area contributed by atoms with Crippen molar-refractivity contribution in [2.45, 2.75) is 39.5 Å².